The Bertz CT molecular complexity index is 1230. The summed E-state index contributed by atoms with van der Waals surface area (Å²) in [6.45, 7) is 2.57. The van der Waals surface area contributed by atoms with Crippen molar-refractivity contribution < 1.29 is 22.7 Å². The maximum Gasteiger partial charge on any atom is 0.264 e. The number of hydrogen-bond acceptors (Lipinski definition) is 6. The highest BCUT2D eigenvalue weighted by Gasteiger charge is 2.23. The van der Waals surface area contributed by atoms with Crippen LogP contribution in [0.25, 0.3) is 0 Å². The smallest absolute Gasteiger partial charge is 0.264 e. The number of nitrogens with zero attached hydrogens (tertiary/aromatic N) is 1. The number of methoxy groups -OCH3 is 2. The van der Waals surface area contributed by atoms with E-state index in [1.165, 1.54) is 39.0 Å². The third-order valence-electron chi connectivity index (χ3n) is 5.18. The summed E-state index contributed by atoms with van der Waals surface area (Å²) < 4.78 is 37.7. The second kappa shape index (κ2) is 11.3. The molecule has 0 aliphatic rings. The van der Waals surface area contributed by atoms with E-state index < -0.39 is 10.0 Å². The van der Waals surface area contributed by atoms with Gasteiger partial charge in [0.15, 0.2) is 11.5 Å². The van der Waals surface area contributed by atoms with Gasteiger partial charge in [-0.05, 0) is 55.5 Å². The molecular formula is C25H28N2O5S2. The van der Waals surface area contributed by atoms with E-state index in [-0.39, 0.29) is 10.8 Å². The van der Waals surface area contributed by atoms with Crippen molar-refractivity contribution in [2.24, 2.45) is 0 Å². The normalized spacial score (nSPS) is 11.1. The number of rotatable bonds is 10. The summed E-state index contributed by atoms with van der Waals surface area (Å²) in [6, 6.07) is 19.1. The van der Waals surface area contributed by atoms with E-state index >= 15 is 0 Å². The molecule has 180 valence electrons. The third kappa shape index (κ3) is 6.03. The van der Waals surface area contributed by atoms with Gasteiger partial charge in [0.25, 0.3) is 15.9 Å². The molecule has 3 aromatic rings. The van der Waals surface area contributed by atoms with Crippen LogP contribution < -0.4 is 19.1 Å². The van der Waals surface area contributed by atoms with E-state index in [1.807, 2.05) is 6.92 Å². The van der Waals surface area contributed by atoms with Crippen LogP contribution in [0.1, 0.15) is 15.9 Å². The van der Waals surface area contributed by atoms with Crippen molar-refractivity contribution in [2.45, 2.75) is 16.7 Å². The highest BCUT2D eigenvalue weighted by molar-refractivity contribution is 7.99. The Morgan fingerprint density at radius 2 is 1.59 bits per heavy atom. The Hall–Kier alpha value is -3.17. The second-order valence-corrected chi connectivity index (χ2v) is 10.6. The predicted octanol–water partition coefficient (Wildman–Crippen LogP) is 4.36. The van der Waals surface area contributed by atoms with E-state index in [0.29, 0.717) is 29.3 Å². The lowest BCUT2D eigenvalue weighted by Gasteiger charge is -2.20. The van der Waals surface area contributed by atoms with Crippen LogP contribution in [0, 0.1) is 6.92 Å². The minimum absolute atomic E-state index is 0.0700. The topological polar surface area (TPSA) is 84.9 Å². The van der Waals surface area contributed by atoms with Crippen LogP contribution in [0.3, 0.4) is 0 Å². The number of amides is 1. The lowest BCUT2D eigenvalue weighted by atomic mass is 10.2. The van der Waals surface area contributed by atoms with Gasteiger partial charge in [-0.25, -0.2) is 8.42 Å². The molecule has 0 fully saturated rings. The molecule has 0 bridgehead atoms. The fraction of sp³-hybridized carbons (Fsp3) is 0.240. The molecular weight excluding hydrogens is 472 g/mol. The van der Waals surface area contributed by atoms with Crippen molar-refractivity contribution in [2.75, 3.05) is 37.9 Å². The van der Waals surface area contributed by atoms with Crippen LogP contribution in [-0.4, -0.2) is 47.9 Å². The summed E-state index contributed by atoms with van der Waals surface area (Å²) in [5, 5.41) is 2.89. The van der Waals surface area contributed by atoms with Gasteiger partial charge in [0.2, 0.25) is 0 Å². The zero-order chi connectivity index (χ0) is 24.7. The first-order valence-electron chi connectivity index (χ1n) is 10.5. The van der Waals surface area contributed by atoms with E-state index in [2.05, 4.69) is 29.6 Å². The molecule has 34 heavy (non-hydrogen) atoms. The maximum absolute atomic E-state index is 13.1. The number of sulfonamides is 1. The average Bonchev–Trinajstić information content (AvgIpc) is 2.86. The molecule has 0 heterocycles. The number of thioether (sulfide) groups is 1. The number of nitrogens with one attached hydrogen (secondary N) is 1. The van der Waals surface area contributed by atoms with Crippen molar-refractivity contribution in [1.82, 2.24) is 5.32 Å². The number of ether oxygens (including phenoxy) is 2. The van der Waals surface area contributed by atoms with Gasteiger partial charge in [-0.1, -0.05) is 17.7 Å². The SMILES string of the molecule is COc1ccc(S(=O)(=O)N(C)c2ccc(C(=O)NCCSc3ccc(C)cc3)cc2)cc1OC. The van der Waals surface area contributed by atoms with E-state index in [0.717, 1.165) is 15.0 Å². The Morgan fingerprint density at radius 3 is 2.21 bits per heavy atom. The molecule has 0 radical (unpaired) electrons. The summed E-state index contributed by atoms with van der Waals surface area (Å²) >= 11 is 1.67. The van der Waals surface area contributed by atoms with Gasteiger partial charge in [-0.2, -0.15) is 0 Å². The number of carbonyl (C=O) groups is 1. The molecule has 7 nitrogen and oxygen atoms in total. The highest BCUT2D eigenvalue weighted by atomic mass is 32.2. The quantitative estimate of drug-likeness (QED) is 0.329. The fourth-order valence-electron chi connectivity index (χ4n) is 3.17. The number of carbonyl (C=O) groups excluding carboxylic acids is 1. The standard InChI is InChI=1S/C25H28N2O5S2/c1-18-5-11-21(12-6-18)33-16-15-26-25(28)19-7-9-20(10-8-19)27(2)34(29,30)22-13-14-23(31-3)24(17-22)32-4/h5-14,17H,15-16H2,1-4H3,(H,26,28). The van der Waals surface area contributed by atoms with E-state index in [4.69, 9.17) is 9.47 Å². The minimum Gasteiger partial charge on any atom is -0.493 e. The van der Waals surface area contributed by atoms with Gasteiger partial charge in [0.05, 0.1) is 24.8 Å². The van der Waals surface area contributed by atoms with Crippen molar-refractivity contribution >= 4 is 33.4 Å². The molecule has 0 saturated heterocycles. The number of aryl methyl sites for hydroxylation is 1. The van der Waals surface area contributed by atoms with Gasteiger partial charge < -0.3 is 14.8 Å². The number of hydrogen-bond donors (Lipinski definition) is 1. The molecule has 1 amide bonds. The van der Waals surface area contributed by atoms with Crippen LogP contribution in [0.5, 0.6) is 11.5 Å². The lowest BCUT2D eigenvalue weighted by molar-refractivity contribution is 0.0956. The van der Waals surface area contributed by atoms with Crippen molar-refractivity contribution in [3.05, 3.63) is 77.9 Å². The van der Waals surface area contributed by atoms with Crippen molar-refractivity contribution in [1.29, 1.82) is 0 Å². The Morgan fingerprint density at radius 1 is 0.941 bits per heavy atom. The molecule has 0 aliphatic carbocycles. The predicted molar refractivity (Wildman–Crippen MR) is 136 cm³/mol. The zero-order valence-electron chi connectivity index (χ0n) is 19.6. The van der Waals surface area contributed by atoms with Crippen LogP contribution in [0.15, 0.2) is 76.5 Å². The fourth-order valence-corrected chi connectivity index (χ4v) is 5.15. The molecule has 0 aromatic heterocycles. The average molecular weight is 501 g/mol. The first-order valence-corrected chi connectivity index (χ1v) is 13.0. The summed E-state index contributed by atoms with van der Waals surface area (Å²) in [5.41, 5.74) is 2.10. The Labute approximate surface area is 205 Å². The van der Waals surface area contributed by atoms with Gasteiger partial charge in [0, 0.05) is 35.9 Å². The largest absolute Gasteiger partial charge is 0.493 e. The molecule has 3 rings (SSSR count). The van der Waals surface area contributed by atoms with Crippen LogP contribution >= 0.6 is 11.8 Å². The van der Waals surface area contributed by atoms with E-state index in [1.54, 1.807) is 42.1 Å². The number of anilines is 1. The second-order valence-electron chi connectivity index (χ2n) is 7.45. The molecule has 1 N–H and O–H groups in total. The Kier molecular flexibility index (Phi) is 8.46. The van der Waals surface area contributed by atoms with Gasteiger partial charge in [-0.3, -0.25) is 9.10 Å². The van der Waals surface area contributed by atoms with Crippen LogP contribution in [0.4, 0.5) is 5.69 Å². The molecule has 0 unspecified atom stereocenters. The van der Waals surface area contributed by atoms with Crippen LogP contribution in [0.2, 0.25) is 0 Å². The molecule has 9 heteroatoms. The molecule has 0 aliphatic heterocycles. The van der Waals surface area contributed by atoms with Crippen LogP contribution in [-0.2, 0) is 10.0 Å². The molecule has 0 atom stereocenters. The van der Waals surface area contributed by atoms with E-state index in [9.17, 15) is 13.2 Å². The lowest BCUT2D eigenvalue weighted by Crippen LogP contribution is -2.27. The Balaban J connectivity index is 1.61. The highest BCUT2D eigenvalue weighted by Crippen LogP contribution is 2.31. The molecule has 3 aromatic carbocycles. The van der Waals surface area contributed by atoms with Crippen molar-refractivity contribution in [3.8, 4) is 11.5 Å². The summed E-state index contributed by atoms with van der Waals surface area (Å²) in [4.78, 5) is 13.7. The first-order chi connectivity index (χ1) is 16.3. The van der Waals surface area contributed by atoms with Gasteiger partial charge >= 0.3 is 0 Å². The monoisotopic (exact) mass is 500 g/mol. The molecule has 0 saturated carbocycles. The maximum atomic E-state index is 13.1. The minimum atomic E-state index is -3.83. The summed E-state index contributed by atoms with van der Waals surface area (Å²) in [6.07, 6.45) is 0. The van der Waals surface area contributed by atoms with Gasteiger partial charge in [0.1, 0.15) is 0 Å². The van der Waals surface area contributed by atoms with Crippen molar-refractivity contribution in [3.63, 3.8) is 0 Å². The number of benzene rings is 3. The third-order valence-corrected chi connectivity index (χ3v) is 7.98. The summed E-state index contributed by atoms with van der Waals surface area (Å²) in [7, 11) is 0.559. The zero-order valence-corrected chi connectivity index (χ0v) is 21.2. The van der Waals surface area contributed by atoms with Gasteiger partial charge in [-0.15, -0.1) is 11.8 Å². The summed E-state index contributed by atoms with van der Waals surface area (Å²) in [5.74, 6) is 1.31. The first kappa shape index (κ1) is 25.5. The molecule has 0 spiro atoms.